The van der Waals surface area contributed by atoms with E-state index in [-0.39, 0.29) is 0 Å². The number of hydrogen-bond acceptors (Lipinski definition) is 5. The van der Waals surface area contributed by atoms with E-state index in [1.807, 2.05) is 37.1 Å². The number of nitrogens with one attached hydrogen (secondary N) is 2. The maximum absolute atomic E-state index is 11.3. The summed E-state index contributed by atoms with van der Waals surface area (Å²) in [5.74, 6) is 1.98. The molecule has 2 aromatic heterocycles. The maximum Gasteiger partial charge on any atom is 0.300 e. The van der Waals surface area contributed by atoms with Crippen molar-refractivity contribution in [3.63, 3.8) is 0 Å². The molecule has 0 saturated heterocycles. The molecule has 2 N–H and O–H groups in total. The maximum atomic E-state index is 11.3. The molecular weight excluding hydrogens is 314 g/mol. The van der Waals surface area contributed by atoms with Gasteiger partial charge in [-0.2, -0.15) is 0 Å². The summed E-state index contributed by atoms with van der Waals surface area (Å²) in [6.07, 6.45) is 10.2. The Labute approximate surface area is 145 Å². The van der Waals surface area contributed by atoms with Crippen LogP contribution in [0, 0.1) is 19.3 Å². The van der Waals surface area contributed by atoms with E-state index in [2.05, 4.69) is 25.6 Å². The molecule has 0 aliphatic heterocycles. The molecule has 0 unspecified atom stereocenters. The predicted molar refractivity (Wildman–Crippen MR) is 97.2 cm³/mol. The van der Waals surface area contributed by atoms with E-state index in [0.717, 1.165) is 22.5 Å². The highest BCUT2D eigenvalue weighted by atomic mass is 16.1. The van der Waals surface area contributed by atoms with Crippen LogP contribution in [0.3, 0.4) is 0 Å². The highest BCUT2D eigenvalue weighted by Crippen LogP contribution is 2.24. The largest absolute Gasteiger partial charge is 0.324 e. The Kier molecular flexibility index (Phi) is 4.67. The fourth-order valence-electron chi connectivity index (χ4n) is 2.22. The van der Waals surface area contributed by atoms with Crippen LogP contribution in [0.15, 0.2) is 55.0 Å². The van der Waals surface area contributed by atoms with E-state index in [4.69, 9.17) is 6.42 Å². The number of rotatable bonds is 4. The SMILES string of the molecule is C#CC(=O)Nc1ccc(C)c(Nc2nccc(-c3cccnc3)n2)c1. The molecule has 1 aromatic carbocycles. The minimum atomic E-state index is -0.496. The number of anilines is 3. The van der Waals surface area contributed by atoms with Crippen molar-refractivity contribution in [2.24, 2.45) is 0 Å². The standard InChI is InChI=1S/C19H15N5O/c1-3-18(25)22-15-7-6-13(2)17(11-15)24-19-21-10-8-16(23-19)14-5-4-9-20-12-14/h1,4-12H,2H3,(H,22,25)(H,21,23,24). The van der Waals surface area contributed by atoms with Gasteiger partial charge in [-0.3, -0.25) is 9.78 Å². The van der Waals surface area contributed by atoms with Crippen LogP contribution in [0.2, 0.25) is 0 Å². The van der Waals surface area contributed by atoms with Crippen molar-refractivity contribution in [2.45, 2.75) is 6.92 Å². The van der Waals surface area contributed by atoms with Crippen LogP contribution in [0.25, 0.3) is 11.3 Å². The number of hydrogen-bond donors (Lipinski definition) is 2. The minimum absolute atomic E-state index is 0.449. The molecule has 3 aromatic rings. The van der Waals surface area contributed by atoms with Gasteiger partial charge in [-0.05, 0) is 48.7 Å². The molecule has 0 atom stereocenters. The van der Waals surface area contributed by atoms with Crippen LogP contribution in [-0.2, 0) is 4.79 Å². The van der Waals surface area contributed by atoms with Crippen LogP contribution in [0.4, 0.5) is 17.3 Å². The third-order valence-electron chi connectivity index (χ3n) is 3.49. The quantitative estimate of drug-likeness (QED) is 0.719. The Morgan fingerprint density at radius 1 is 1.20 bits per heavy atom. The molecule has 6 heteroatoms. The van der Waals surface area contributed by atoms with Crippen molar-refractivity contribution >= 4 is 23.2 Å². The topological polar surface area (TPSA) is 79.8 Å². The number of benzene rings is 1. The average Bonchev–Trinajstić information content (AvgIpc) is 2.65. The van der Waals surface area contributed by atoms with E-state index >= 15 is 0 Å². The van der Waals surface area contributed by atoms with Crippen molar-refractivity contribution in [1.82, 2.24) is 15.0 Å². The summed E-state index contributed by atoms with van der Waals surface area (Å²) in [5.41, 5.74) is 4.02. The van der Waals surface area contributed by atoms with Crippen molar-refractivity contribution < 1.29 is 4.79 Å². The van der Waals surface area contributed by atoms with Crippen LogP contribution in [-0.4, -0.2) is 20.9 Å². The highest BCUT2D eigenvalue weighted by Gasteiger charge is 2.06. The summed E-state index contributed by atoms with van der Waals surface area (Å²) in [6, 6.07) is 11.0. The van der Waals surface area contributed by atoms with Crippen molar-refractivity contribution in [3.8, 4) is 23.6 Å². The van der Waals surface area contributed by atoms with Gasteiger partial charge in [-0.1, -0.05) is 6.07 Å². The first-order chi connectivity index (χ1) is 12.2. The van der Waals surface area contributed by atoms with Gasteiger partial charge in [-0.15, -0.1) is 6.42 Å². The summed E-state index contributed by atoms with van der Waals surface area (Å²) < 4.78 is 0. The number of carbonyl (C=O) groups excluding carboxylic acids is 1. The van der Waals surface area contributed by atoms with Gasteiger partial charge in [0.05, 0.1) is 5.69 Å². The zero-order chi connectivity index (χ0) is 17.6. The molecule has 0 radical (unpaired) electrons. The predicted octanol–water partition coefficient (Wildman–Crippen LogP) is 3.16. The Bertz CT molecular complexity index is 948. The number of aromatic nitrogens is 3. The first-order valence-corrected chi connectivity index (χ1v) is 7.54. The number of pyridine rings is 1. The number of nitrogens with zero attached hydrogens (tertiary/aromatic N) is 3. The molecular formula is C19H15N5O. The molecule has 2 heterocycles. The second-order valence-electron chi connectivity index (χ2n) is 5.26. The third kappa shape index (κ3) is 3.98. The van der Waals surface area contributed by atoms with E-state index in [1.165, 1.54) is 0 Å². The van der Waals surface area contributed by atoms with Crippen LogP contribution in [0.5, 0.6) is 0 Å². The molecule has 0 spiro atoms. The van der Waals surface area contributed by atoms with E-state index in [1.54, 1.807) is 30.7 Å². The summed E-state index contributed by atoms with van der Waals surface area (Å²) in [7, 11) is 0. The molecule has 0 aliphatic carbocycles. The summed E-state index contributed by atoms with van der Waals surface area (Å²) in [5, 5.41) is 5.79. The first-order valence-electron chi connectivity index (χ1n) is 7.54. The lowest BCUT2D eigenvalue weighted by atomic mass is 10.1. The third-order valence-corrected chi connectivity index (χ3v) is 3.49. The summed E-state index contributed by atoms with van der Waals surface area (Å²) in [4.78, 5) is 24.2. The molecule has 0 bridgehead atoms. The second-order valence-corrected chi connectivity index (χ2v) is 5.26. The van der Waals surface area contributed by atoms with Gasteiger partial charge < -0.3 is 10.6 Å². The molecule has 0 aliphatic rings. The number of aryl methyl sites for hydroxylation is 1. The second kappa shape index (κ2) is 7.23. The van der Waals surface area contributed by atoms with Crippen LogP contribution < -0.4 is 10.6 Å². The fraction of sp³-hybridized carbons (Fsp3) is 0.0526. The van der Waals surface area contributed by atoms with E-state index in [9.17, 15) is 4.79 Å². The zero-order valence-corrected chi connectivity index (χ0v) is 13.5. The average molecular weight is 329 g/mol. The minimum Gasteiger partial charge on any atom is -0.324 e. The molecule has 0 saturated carbocycles. The van der Waals surface area contributed by atoms with Gasteiger partial charge in [0.2, 0.25) is 5.95 Å². The molecule has 0 fully saturated rings. The van der Waals surface area contributed by atoms with Gasteiger partial charge in [-0.25, -0.2) is 9.97 Å². The van der Waals surface area contributed by atoms with E-state index in [0.29, 0.717) is 11.6 Å². The number of terminal acetylenes is 1. The number of carbonyl (C=O) groups is 1. The van der Waals surface area contributed by atoms with Gasteiger partial charge in [0.25, 0.3) is 5.91 Å². The Morgan fingerprint density at radius 2 is 2.08 bits per heavy atom. The normalized spacial score (nSPS) is 9.92. The zero-order valence-electron chi connectivity index (χ0n) is 13.5. The van der Waals surface area contributed by atoms with Crippen LogP contribution in [0.1, 0.15) is 5.56 Å². The van der Waals surface area contributed by atoms with Gasteiger partial charge in [0.1, 0.15) is 0 Å². The summed E-state index contributed by atoms with van der Waals surface area (Å²) in [6.45, 7) is 1.94. The molecule has 6 nitrogen and oxygen atoms in total. The molecule has 122 valence electrons. The lowest BCUT2D eigenvalue weighted by molar-refractivity contribution is -0.111. The highest BCUT2D eigenvalue weighted by molar-refractivity contribution is 6.03. The lowest BCUT2D eigenvalue weighted by Gasteiger charge is -2.11. The summed E-state index contributed by atoms with van der Waals surface area (Å²) >= 11 is 0. The number of amides is 1. The molecule has 25 heavy (non-hydrogen) atoms. The molecule has 3 rings (SSSR count). The lowest BCUT2D eigenvalue weighted by Crippen LogP contribution is -2.08. The fourth-order valence-corrected chi connectivity index (χ4v) is 2.22. The van der Waals surface area contributed by atoms with E-state index < -0.39 is 5.91 Å². The molecule has 1 amide bonds. The van der Waals surface area contributed by atoms with Crippen molar-refractivity contribution in [1.29, 1.82) is 0 Å². The first kappa shape index (κ1) is 16.1. The Balaban J connectivity index is 1.86. The smallest absolute Gasteiger partial charge is 0.300 e. The van der Waals surface area contributed by atoms with Gasteiger partial charge in [0, 0.05) is 35.5 Å². The van der Waals surface area contributed by atoms with Gasteiger partial charge >= 0.3 is 0 Å². The van der Waals surface area contributed by atoms with Crippen molar-refractivity contribution in [2.75, 3.05) is 10.6 Å². The van der Waals surface area contributed by atoms with Crippen LogP contribution >= 0.6 is 0 Å². The monoisotopic (exact) mass is 329 g/mol. The Hall–Kier alpha value is -3.72. The van der Waals surface area contributed by atoms with Crippen molar-refractivity contribution in [3.05, 3.63) is 60.6 Å². The Morgan fingerprint density at radius 3 is 2.84 bits per heavy atom. The van der Waals surface area contributed by atoms with Gasteiger partial charge in [0.15, 0.2) is 0 Å².